The second-order valence-electron chi connectivity index (χ2n) is 2.57. The van der Waals surface area contributed by atoms with E-state index in [1.54, 1.807) is 6.26 Å². The summed E-state index contributed by atoms with van der Waals surface area (Å²) in [6.45, 7) is 1.92. The Bertz CT molecular complexity index is 436. The minimum absolute atomic E-state index is 0.556. The summed E-state index contributed by atoms with van der Waals surface area (Å²) in [6.07, 6.45) is 1.61. The third-order valence-electron chi connectivity index (χ3n) is 1.79. The Kier molecular flexibility index (Phi) is 1.58. The van der Waals surface area contributed by atoms with Crippen molar-refractivity contribution >= 4 is 32.6 Å². The molecule has 2 aromatic rings. The maximum absolute atomic E-state index is 5.73. The Labute approximate surface area is 77.7 Å². The van der Waals surface area contributed by atoms with Crippen LogP contribution >= 0.6 is 15.9 Å². The third-order valence-corrected chi connectivity index (χ3v) is 2.39. The van der Waals surface area contributed by atoms with Crippen molar-refractivity contribution in [2.45, 2.75) is 6.92 Å². The maximum Gasteiger partial charge on any atom is 0.161 e. The van der Waals surface area contributed by atoms with Crippen LogP contribution in [0.3, 0.4) is 0 Å². The summed E-state index contributed by atoms with van der Waals surface area (Å²) >= 11 is 3.26. The highest BCUT2D eigenvalue weighted by Gasteiger charge is 2.09. The molecule has 0 aliphatic heterocycles. The average molecular weight is 227 g/mol. The Balaban J connectivity index is 2.97. The van der Waals surface area contributed by atoms with Gasteiger partial charge in [-0.15, -0.1) is 0 Å². The predicted molar refractivity (Wildman–Crippen MR) is 50.9 cm³/mol. The smallest absolute Gasteiger partial charge is 0.161 e. The fraction of sp³-hybridized carbons (Fsp3) is 0.125. The van der Waals surface area contributed by atoms with Gasteiger partial charge in [-0.2, -0.15) is 0 Å². The first-order valence-electron chi connectivity index (χ1n) is 3.49. The quantitative estimate of drug-likeness (QED) is 0.703. The lowest BCUT2D eigenvalue weighted by molar-refractivity contribution is 0.616. The van der Waals surface area contributed by atoms with E-state index in [4.69, 9.17) is 10.2 Å². The first-order valence-corrected chi connectivity index (χ1v) is 4.28. The number of halogens is 1. The molecular formula is C8H7BrN2O. The molecule has 4 heteroatoms. The highest BCUT2D eigenvalue weighted by Crippen LogP contribution is 2.29. The highest BCUT2D eigenvalue weighted by molar-refractivity contribution is 9.10. The molecule has 12 heavy (non-hydrogen) atoms. The number of pyridine rings is 1. The predicted octanol–water partition coefficient (Wildman–Crippen LogP) is 2.48. The number of aromatic nitrogens is 1. The maximum atomic E-state index is 5.73. The second-order valence-corrected chi connectivity index (χ2v) is 3.32. The van der Waals surface area contributed by atoms with Gasteiger partial charge in [-0.25, -0.2) is 4.98 Å². The summed E-state index contributed by atoms with van der Waals surface area (Å²) < 4.78 is 5.86. The minimum atomic E-state index is 0.556. The van der Waals surface area contributed by atoms with Crippen LogP contribution in [0.25, 0.3) is 11.0 Å². The number of nitrogen functional groups attached to an aromatic ring is 1. The average Bonchev–Trinajstić information content (AvgIpc) is 2.48. The monoisotopic (exact) mass is 226 g/mol. The van der Waals surface area contributed by atoms with E-state index in [2.05, 4.69) is 20.9 Å². The van der Waals surface area contributed by atoms with Crippen LogP contribution in [-0.2, 0) is 0 Å². The number of nitrogens with two attached hydrogens (primary N) is 1. The van der Waals surface area contributed by atoms with Crippen LogP contribution in [0.2, 0.25) is 0 Å². The van der Waals surface area contributed by atoms with Crippen LogP contribution in [0.1, 0.15) is 5.69 Å². The largest absolute Gasteiger partial charge is 0.462 e. The lowest BCUT2D eigenvalue weighted by atomic mass is 10.2. The number of anilines is 1. The molecule has 0 atom stereocenters. The van der Waals surface area contributed by atoms with Crippen molar-refractivity contribution in [1.82, 2.24) is 4.98 Å². The fourth-order valence-electron chi connectivity index (χ4n) is 1.16. The van der Waals surface area contributed by atoms with E-state index in [9.17, 15) is 0 Å². The van der Waals surface area contributed by atoms with Gasteiger partial charge in [0.15, 0.2) is 5.58 Å². The molecule has 0 aliphatic carbocycles. The van der Waals surface area contributed by atoms with Crippen LogP contribution in [0.15, 0.2) is 21.3 Å². The van der Waals surface area contributed by atoms with Gasteiger partial charge in [0, 0.05) is 11.1 Å². The van der Waals surface area contributed by atoms with E-state index >= 15 is 0 Å². The topological polar surface area (TPSA) is 52.0 Å². The number of aryl methyl sites for hydroxylation is 1. The van der Waals surface area contributed by atoms with Crippen LogP contribution in [0, 0.1) is 6.92 Å². The molecule has 0 unspecified atom stereocenters. The van der Waals surface area contributed by atoms with Gasteiger partial charge in [0.05, 0.1) is 6.26 Å². The second kappa shape index (κ2) is 2.48. The fourth-order valence-corrected chi connectivity index (χ4v) is 1.61. The van der Waals surface area contributed by atoms with Gasteiger partial charge in [-0.05, 0) is 28.9 Å². The molecule has 0 saturated carbocycles. The van der Waals surface area contributed by atoms with Gasteiger partial charge in [-0.3, -0.25) is 0 Å². The van der Waals surface area contributed by atoms with Crippen molar-refractivity contribution in [1.29, 1.82) is 0 Å². The number of rotatable bonds is 0. The number of hydrogen-bond donors (Lipinski definition) is 1. The minimum Gasteiger partial charge on any atom is -0.462 e. The van der Waals surface area contributed by atoms with Crippen LogP contribution in [-0.4, -0.2) is 4.98 Å². The van der Waals surface area contributed by atoms with Gasteiger partial charge in [0.25, 0.3) is 0 Å². The molecule has 0 aromatic carbocycles. The van der Waals surface area contributed by atoms with Crippen molar-refractivity contribution in [2.75, 3.05) is 5.73 Å². The van der Waals surface area contributed by atoms with Crippen molar-refractivity contribution < 1.29 is 4.42 Å². The molecule has 3 nitrogen and oxygen atoms in total. The third kappa shape index (κ3) is 0.914. The Morgan fingerprint density at radius 1 is 1.58 bits per heavy atom. The molecule has 0 saturated heterocycles. The summed E-state index contributed by atoms with van der Waals surface area (Å²) in [5, 5.41) is 0.968. The normalized spacial score (nSPS) is 10.8. The summed E-state index contributed by atoms with van der Waals surface area (Å²) in [4.78, 5) is 4.21. The first-order chi connectivity index (χ1) is 5.70. The van der Waals surface area contributed by atoms with Crippen molar-refractivity contribution in [2.24, 2.45) is 0 Å². The Morgan fingerprint density at radius 2 is 2.33 bits per heavy atom. The van der Waals surface area contributed by atoms with E-state index in [0.29, 0.717) is 15.9 Å². The first kappa shape index (κ1) is 7.61. The highest BCUT2D eigenvalue weighted by atomic mass is 79.9. The van der Waals surface area contributed by atoms with Gasteiger partial charge in [0.2, 0.25) is 0 Å². The van der Waals surface area contributed by atoms with E-state index in [0.717, 1.165) is 11.1 Å². The lowest BCUT2D eigenvalue weighted by Gasteiger charge is -2.00. The molecule has 0 aliphatic rings. The summed E-state index contributed by atoms with van der Waals surface area (Å²) in [6, 6.07) is 1.86. The molecule has 0 radical (unpaired) electrons. The number of hydrogen-bond acceptors (Lipinski definition) is 3. The number of furan rings is 1. The molecule has 0 bridgehead atoms. The molecule has 0 fully saturated rings. The van der Waals surface area contributed by atoms with Crippen molar-refractivity contribution in [3.8, 4) is 0 Å². The SMILES string of the molecule is Cc1nc(Br)c(N)c2occc12. The van der Waals surface area contributed by atoms with Crippen molar-refractivity contribution in [3.05, 3.63) is 22.6 Å². The molecule has 2 heterocycles. The molecule has 0 amide bonds. The Hall–Kier alpha value is -1.03. The van der Waals surface area contributed by atoms with E-state index < -0.39 is 0 Å². The zero-order valence-electron chi connectivity index (χ0n) is 6.47. The Morgan fingerprint density at radius 3 is 3.08 bits per heavy atom. The van der Waals surface area contributed by atoms with Gasteiger partial charge in [-0.1, -0.05) is 0 Å². The lowest BCUT2D eigenvalue weighted by Crippen LogP contribution is -1.92. The summed E-state index contributed by atoms with van der Waals surface area (Å²) in [5.74, 6) is 0. The molecule has 62 valence electrons. The number of nitrogens with zero attached hydrogens (tertiary/aromatic N) is 1. The molecule has 2 rings (SSSR count). The van der Waals surface area contributed by atoms with Crippen LogP contribution < -0.4 is 5.73 Å². The number of fused-ring (bicyclic) bond motifs is 1. The van der Waals surface area contributed by atoms with E-state index in [1.807, 2.05) is 13.0 Å². The molecule has 2 N–H and O–H groups in total. The van der Waals surface area contributed by atoms with Crippen molar-refractivity contribution in [3.63, 3.8) is 0 Å². The summed E-state index contributed by atoms with van der Waals surface area (Å²) in [7, 11) is 0. The van der Waals surface area contributed by atoms with E-state index in [-0.39, 0.29) is 0 Å². The van der Waals surface area contributed by atoms with Crippen LogP contribution in [0.4, 0.5) is 5.69 Å². The van der Waals surface area contributed by atoms with Gasteiger partial charge >= 0.3 is 0 Å². The van der Waals surface area contributed by atoms with Crippen LogP contribution in [0.5, 0.6) is 0 Å². The summed E-state index contributed by atoms with van der Waals surface area (Å²) in [5.41, 5.74) is 7.90. The molecule has 0 spiro atoms. The molecular weight excluding hydrogens is 220 g/mol. The molecule has 2 aromatic heterocycles. The van der Waals surface area contributed by atoms with E-state index in [1.165, 1.54) is 0 Å². The van der Waals surface area contributed by atoms with Gasteiger partial charge in [0.1, 0.15) is 10.3 Å². The standard InChI is InChI=1S/C8H7BrN2O/c1-4-5-2-3-12-7(5)6(10)8(9)11-4/h2-3H,10H2,1H3. The van der Waals surface area contributed by atoms with Gasteiger partial charge < -0.3 is 10.2 Å². The zero-order chi connectivity index (χ0) is 8.72. The zero-order valence-corrected chi connectivity index (χ0v) is 8.05.